The third-order valence-electron chi connectivity index (χ3n) is 5.85. The number of methoxy groups -OCH3 is 1. The van der Waals surface area contributed by atoms with Crippen LogP contribution in [0.3, 0.4) is 0 Å². The third-order valence-corrected chi connectivity index (χ3v) is 5.85. The molecule has 0 aromatic heterocycles. The van der Waals surface area contributed by atoms with E-state index in [1.54, 1.807) is 9.80 Å². The molecule has 0 bridgehead atoms. The average molecular weight is 372 g/mol. The predicted molar refractivity (Wildman–Crippen MR) is 102 cm³/mol. The number of anilines is 1. The van der Waals surface area contributed by atoms with Gasteiger partial charge in [0.15, 0.2) is 0 Å². The van der Waals surface area contributed by atoms with Crippen LogP contribution in [-0.2, 0) is 19.1 Å². The lowest BCUT2D eigenvalue weighted by atomic mass is 9.96. The zero-order valence-corrected chi connectivity index (χ0v) is 16.4. The largest absolute Gasteiger partial charge is 0.469 e. The van der Waals surface area contributed by atoms with Gasteiger partial charge in [-0.1, -0.05) is 6.07 Å². The van der Waals surface area contributed by atoms with Crippen LogP contribution in [-0.4, -0.2) is 48.9 Å². The van der Waals surface area contributed by atoms with E-state index in [9.17, 15) is 14.4 Å². The molecule has 6 heteroatoms. The molecule has 0 unspecified atom stereocenters. The Hall–Kier alpha value is -2.37. The van der Waals surface area contributed by atoms with E-state index in [1.807, 2.05) is 32.0 Å². The van der Waals surface area contributed by atoms with Crippen molar-refractivity contribution in [2.45, 2.75) is 52.0 Å². The molecule has 2 aliphatic heterocycles. The van der Waals surface area contributed by atoms with E-state index in [0.29, 0.717) is 19.5 Å². The highest BCUT2D eigenvalue weighted by atomic mass is 16.5. The molecule has 6 nitrogen and oxygen atoms in total. The summed E-state index contributed by atoms with van der Waals surface area (Å²) in [4.78, 5) is 41.2. The molecule has 0 N–H and O–H groups in total. The number of rotatable bonds is 4. The molecule has 1 aromatic rings. The first-order valence-electron chi connectivity index (χ1n) is 9.68. The van der Waals surface area contributed by atoms with Crippen LogP contribution in [0.25, 0.3) is 0 Å². The van der Waals surface area contributed by atoms with Gasteiger partial charge in [0.1, 0.15) is 5.92 Å². The van der Waals surface area contributed by atoms with Crippen molar-refractivity contribution in [1.29, 1.82) is 0 Å². The Bertz CT molecular complexity index is 746. The summed E-state index contributed by atoms with van der Waals surface area (Å²) in [6.07, 6.45) is 3.39. The Labute approximate surface area is 160 Å². The van der Waals surface area contributed by atoms with Crippen molar-refractivity contribution in [1.82, 2.24) is 4.90 Å². The van der Waals surface area contributed by atoms with Gasteiger partial charge in [0.25, 0.3) is 0 Å². The van der Waals surface area contributed by atoms with Gasteiger partial charge in [0, 0.05) is 24.8 Å². The van der Waals surface area contributed by atoms with E-state index >= 15 is 0 Å². The summed E-state index contributed by atoms with van der Waals surface area (Å²) in [5.41, 5.74) is 3.16. The number of ether oxygens (including phenoxy) is 1. The molecule has 2 fully saturated rings. The second-order valence-electron chi connectivity index (χ2n) is 7.56. The molecule has 0 radical (unpaired) electrons. The van der Waals surface area contributed by atoms with Crippen LogP contribution >= 0.6 is 0 Å². The van der Waals surface area contributed by atoms with Gasteiger partial charge >= 0.3 is 5.97 Å². The number of hydrogen-bond acceptors (Lipinski definition) is 4. The molecule has 146 valence electrons. The van der Waals surface area contributed by atoms with Crippen molar-refractivity contribution in [2.75, 3.05) is 25.1 Å². The minimum absolute atomic E-state index is 0.134. The van der Waals surface area contributed by atoms with E-state index < -0.39 is 5.92 Å². The lowest BCUT2D eigenvalue weighted by Crippen LogP contribution is -2.48. The lowest BCUT2D eigenvalue weighted by Gasteiger charge is -2.36. The molecule has 2 atom stereocenters. The summed E-state index contributed by atoms with van der Waals surface area (Å²) in [5, 5.41) is 0. The smallest absolute Gasteiger partial charge is 0.307 e. The van der Waals surface area contributed by atoms with E-state index in [4.69, 9.17) is 4.74 Å². The van der Waals surface area contributed by atoms with E-state index in [2.05, 4.69) is 0 Å². The molecule has 0 aliphatic carbocycles. The molecule has 27 heavy (non-hydrogen) atoms. The van der Waals surface area contributed by atoms with E-state index in [-0.39, 0.29) is 30.2 Å². The number of aryl methyl sites for hydroxylation is 2. The third kappa shape index (κ3) is 3.99. The van der Waals surface area contributed by atoms with Crippen LogP contribution in [0.4, 0.5) is 5.69 Å². The number of nitrogens with zero attached hydrogens (tertiary/aromatic N) is 2. The van der Waals surface area contributed by atoms with Gasteiger partial charge in [-0.05, 0) is 62.8 Å². The summed E-state index contributed by atoms with van der Waals surface area (Å²) in [5.74, 6) is -1.23. The minimum atomic E-state index is -0.648. The van der Waals surface area contributed by atoms with Crippen molar-refractivity contribution in [2.24, 2.45) is 5.92 Å². The second-order valence-corrected chi connectivity index (χ2v) is 7.56. The van der Waals surface area contributed by atoms with Gasteiger partial charge in [-0.25, -0.2) is 0 Å². The fourth-order valence-electron chi connectivity index (χ4n) is 4.04. The van der Waals surface area contributed by atoms with Crippen LogP contribution in [0, 0.1) is 19.8 Å². The topological polar surface area (TPSA) is 66.9 Å². The Morgan fingerprint density at radius 1 is 1.11 bits per heavy atom. The monoisotopic (exact) mass is 372 g/mol. The number of amides is 2. The predicted octanol–water partition coefficient (Wildman–Crippen LogP) is 2.60. The standard InChI is InChI=1S/C21H28N2O4/c1-14-7-8-17(12-15(14)2)23-11-9-18(21(23)26)20(25)22-10-5-4-6-16(22)13-19(24)27-3/h7-8,12,16,18H,4-6,9-11,13H2,1-3H3/t16-,18-/m1/s1. The summed E-state index contributed by atoms with van der Waals surface area (Å²) < 4.78 is 4.77. The molecule has 0 saturated carbocycles. The maximum atomic E-state index is 13.1. The Balaban J connectivity index is 1.73. The van der Waals surface area contributed by atoms with Crippen molar-refractivity contribution >= 4 is 23.5 Å². The number of carbonyl (C=O) groups is 3. The molecule has 2 saturated heterocycles. The number of likely N-dealkylation sites (tertiary alicyclic amines) is 1. The fraction of sp³-hybridized carbons (Fsp3) is 0.571. The highest BCUT2D eigenvalue weighted by Gasteiger charge is 2.42. The molecule has 2 amide bonds. The van der Waals surface area contributed by atoms with E-state index in [0.717, 1.165) is 30.5 Å². The van der Waals surface area contributed by atoms with Crippen molar-refractivity contribution < 1.29 is 19.1 Å². The number of esters is 1. The minimum Gasteiger partial charge on any atom is -0.469 e. The molecular weight excluding hydrogens is 344 g/mol. The van der Waals surface area contributed by atoms with E-state index in [1.165, 1.54) is 12.7 Å². The molecule has 2 aliphatic rings. The van der Waals surface area contributed by atoms with Crippen LogP contribution in [0.15, 0.2) is 18.2 Å². The van der Waals surface area contributed by atoms with Gasteiger partial charge in [0.05, 0.1) is 13.5 Å². The molecule has 3 rings (SSSR count). The number of piperidine rings is 1. The molecule has 0 spiro atoms. The first-order valence-corrected chi connectivity index (χ1v) is 9.68. The first kappa shape index (κ1) is 19.4. The van der Waals surface area contributed by atoms with Crippen LogP contribution in [0.2, 0.25) is 0 Å². The maximum absolute atomic E-state index is 13.1. The van der Waals surface area contributed by atoms with Crippen LogP contribution in [0.5, 0.6) is 0 Å². The van der Waals surface area contributed by atoms with Gasteiger partial charge in [0.2, 0.25) is 11.8 Å². The van der Waals surface area contributed by atoms with Crippen molar-refractivity contribution in [3.63, 3.8) is 0 Å². The lowest BCUT2D eigenvalue weighted by molar-refractivity contribution is -0.147. The maximum Gasteiger partial charge on any atom is 0.307 e. The SMILES string of the molecule is COC(=O)C[C@H]1CCCCN1C(=O)[C@H]1CCN(c2ccc(C)c(C)c2)C1=O. The van der Waals surface area contributed by atoms with Gasteiger partial charge in [-0.15, -0.1) is 0 Å². The molecule has 2 heterocycles. The highest BCUT2D eigenvalue weighted by molar-refractivity contribution is 6.09. The fourth-order valence-corrected chi connectivity index (χ4v) is 4.04. The first-order chi connectivity index (χ1) is 12.9. The number of benzene rings is 1. The quantitative estimate of drug-likeness (QED) is 0.602. The van der Waals surface area contributed by atoms with Crippen LogP contribution < -0.4 is 4.90 Å². The van der Waals surface area contributed by atoms with Crippen molar-refractivity contribution in [3.8, 4) is 0 Å². The van der Waals surface area contributed by atoms with Gasteiger partial charge < -0.3 is 14.5 Å². The Morgan fingerprint density at radius 3 is 2.59 bits per heavy atom. The summed E-state index contributed by atoms with van der Waals surface area (Å²) >= 11 is 0. The Kier molecular flexibility index (Phi) is 5.82. The normalized spacial score (nSPS) is 22.9. The summed E-state index contributed by atoms with van der Waals surface area (Å²) in [6.45, 7) is 5.21. The second kappa shape index (κ2) is 8.11. The average Bonchev–Trinajstić information content (AvgIpc) is 3.05. The van der Waals surface area contributed by atoms with Gasteiger partial charge in [-0.2, -0.15) is 0 Å². The summed E-state index contributed by atoms with van der Waals surface area (Å²) in [7, 11) is 1.36. The highest BCUT2D eigenvalue weighted by Crippen LogP contribution is 2.30. The Morgan fingerprint density at radius 2 is 1.89 bits per heavy atom. The number of carbonyl (C=O) groups excluding carboxylic acids is 3. The van der Waals surface area contributed by atoms with Crippen molar-refractivity contribution in [3.05, 3.63) is 29.3 Å². The van der Waals surface area contributed by atoms with Gasteiger partial charge in [-0.3, -0.25) is 14.4 Å². The molecular formula is C21H28N2O4. The van der Waals surface area contributed by atoms with Crippen LogP contribution in [0.1, 0.15) is 43.2 Å². The zero-order chi connectivity index (χ0) is 19.6. The summed E-state index contributed by atoms with van der Waals surface area (Å²) in [6, 6.07) is 5.78. The number of hydrogen-bond donors (Lipinski definition) is 0. The zero-order valence-electron chi connectivity index (χ0n) is 16.4. The molecule has 1 aromatic carbocycles.